The molecular formula is C20H17ClN2O2. The minimum atomic E-state index is -0.192. The van der Waals surface area contributed by atoms with Crippen molar-refractivity contribution in [1.29, 1.82) is 0 Å². The van der Waals surface area contributed by atoms with Gasteiger partial charge in [0, 0.05) is 11.2 Å². The van der Waals surface area contributed by atoms with Crippen molar-refractivity contribution in [2.75, 3.05) is 11.5 Å². The van der Waals surface area contributed by atoms with Crippen LogP contribution in [-0.2, 0) is 11.3 Å². The van der Waals surface area contributed by atoms with Crippen molar-refractivity contribution in [3.8, 4) is 5.75 Å². The SMILES string of the molecule is O=C(COc1ccccc1)N(Cc1ccccc1Cl)c1ccccn1. The summed E-state index contributed by atoms with van der Waals surface area (Å²) in [5, 5.41) is 0.611. The summed E-state index contributed by atoms with van der Waals surface area (Å²) in [7, 11) is 0. The maximum Gasteiger partial charge on any atom is 0.266 e. The Morgan fingerprint density at radius 1 is 0.960 bits per heavy atom. The summed E-state index contributed by atoms with van der Waals surface area (Å²) in [6, 6.07) is 22.1. The zero-order valence-corrected chi connectivity index (χ0v) is 14.3. The number of ether oxygens (including phenoxy) is 1. The fourth-order valence-electron chi connectivity index (χ4n) is 2.35. The van der Waals surface area contributed by atoms with Gasteiger partial charge in [-0.2, -0.15) is 0 Å². The monoisotopic (exact) mass is 352 g/mol. The van der Waals surface area contributed by atoms with Crippen LogP contribution < -0.4 is 9.64 Å². The second-order valence-electron chi connectivity index (χ2n) is 5.36. The normalized spacial score (nSPS) is 10.3. The summed E-state index contributed by atoms with van der Waals surface area (Å²) in [5.74, 6) is 1.01. The first-order chi connectivity index (χ1) is 12.2. The van der Waals surface area contributed by atoms with Crippen LogP contribution in [0.15, 0.2) is 79.0 Å². The molecule has 3 rings (SSSR count). The van der Waals surface area contributed by atoms with Crippen molar-refractivity contribution < 1.29 is 9.53 Å². The molecule has 0 aliphatic rings. The first kappa shape index (κ1) is 17.0. The molecule has 0 saturated carbocycles. The summed E-state index contributed by atoms with van der Waals surface area (Å²) in [4.78, 5) is 18.6. The smallest absolute Gasteiger partial charge is 0.266 e. The van der Waals surface area contributed by atoms with E-state index < -0.39 is 0 Å². The molecular weight excluding hydrogens is 336 g/mol. The summed E-state index contributed by atoms with van der Waals surface area (Å²) in [6.45, 7) is 0.249. The highest BCUT2D eigenvalue weighted by molar-refractivity contribution is 6.31. The van der Waals surface area contributed by atoms with E-state index in [1.165, 1.54) is 0 Å². The fraction of sp³-hybridized carbons (Fsp3) is 0.100. The number of carbonyl (C=O) groups is 1. The molecule has 0 spiro atoms. The van der Waals surface area contributed by atoms with E-state index in [-0.39, 0.29) is 12.5 Å². The molecule has 0 saturated heterocycles. The topological polar surface area (TPSA) is 42.4 Å². The van der Waals surface area contributed by atoms with Crippen molar-refractivity contribution in [3.05, 3.63) is 89.6 Å². The number of pyridine rings is 1. The highest BCUT2D eigenvalue weighted by atomic mass is 35.5. The predicted octanol–water partition coefficient (Wildman–Crippen LogP) is 4.35. The van der Waals surface area contributed by atoms with Gasteiger partial charge >= 0.3 is 0 Å². The van der Waals surface area contributed by atoms with E-state index in [4.69, 9.17) is 16.3 Å². The van der Waals surface area contributed by atoms with E-state index >= 15 is 0 Å². The Hall–Kier alpha value is -2.85. The number of amides is 1. The van der Waals surface area contributed by atoms with Crippen LogP contribution >= 0.6 is 11.6 Å². The van der Waals surface area contributed by atoms with Crippen molar-refractivity contribution >= 4 is 23.3 Å². The number of benzene rings is 2. The summed E-state index contributed by atoms with van der Waals surface area (Å²) < 4.78 is 5.59. The Kier molecular flexibility index (Phi) is 5.65. The minimum absolute atomic E-state index is 0.0783. The number of hydrogen-bond acceptors (Lipinski definition) is 3. The second-order valence-corrected chi connectivity index (χ2v) is 5.77. The second kappa shape index (κ2) is 8.31. The zero-order chi connectivity index (χ0) is 17.5. The predicted molar refractivity (Wildman–Crippen MR) is 98.8 cm³/mol. The van der Waals surface area contributed by atoms with Gasteiger partial charge in [-0.1, -0.05) is 54.1 Å². The number of halogens is 1. The number of aromatic nitrogens is 1. The highest BCUT2D eigenvalue weighted by Crippen LogP contribution is 2.21. The molecule has 0 bridgehead atoms. The molecule has 0 aliphatic carbocycles. The molecule has 5 heteroatoms. The van der Waals surface area contributed by atoms with E-state index in [0.29, 0.717) is 23.1 Å². The Morgan fingerprint density at radius 2 is 1.68 bits per heavy atom. The van der Waals surface area contributed by atoms with Gasteiger partial charge < -0.3 is 4.74 Å². The van der Waals surface area contributed by atoms with E-state index in [9.17, 15) is 4.79 Å². The average Bonchev–Trinajstić information content (AvgIpc) is 2.67. The number of anilines is 1. The lowest BCUT2D eigenvalue weighted by molar-refractivity contribution is -0.120. The molecule has 25 heavy (non-hydrogen) atoms. The van der Waals surface area contributed by atoms with Gasteiger partial charge in [-0.25, -0.2) is 4.98 Å². The first-order valence-electron chi connectivity index (χ1n) is 7.86. The van der Waals surface area contributed by atoms with Crippen LogP contribution in [0.1, 0.15) is 5.56 Å². The van der Waals surface area contributed by atoms with Crippen LogP contribution in [0.5, 0.6) is 5.75 Å². The molecule has 2 aromatic carbocycles. The molecule has 0 aliphatic heterocycles. The first-order valence-corrected chi connectivity index (χ1v) is 8.24. The Bertz CT molecular complexity index is 825. The van der Waals surface area contributed by atoms with Crippen LogP contribution in [0.2, 0.25) is 5.02 Å². The number of hydrogen-bond donors (Lipinski definition) is 0. The molecule has 3 aromatic rings. The number of nitrogens with zero attached hydrogens (tertiary/aromatic N) is 2. The molecule has 0 radical (unpaired) electrons. The molecule has 0 N–H and O–H groups in total. The molecule has 1 amide bonds. The van der Waals surface area contributed by atoms with Crippen molar-refractivity contribution in [3.63, 3.8) is 0 Å². The Balaban J connectivity index is 1.78. The lowest BCUT2D eigenvalue weighted by Gasteiger charge is -2.22. The Morgan fingerprint density at radius 3 is 2.40 bits per heavy atom. The molecule has 1 heterocycles. The third-order valence-electron chi connectivity index (χ3n) is 3.62. The molecule has 1 aromatic heterocycles. The van der Waals surface area contributed by atoms with Gasteiger partial charge in [-0.15, -0.1) is 0 Å². The van der Waals surface area contributed by atoms with E-state index in [2.05, 4.69) is 4.98 Å². The summed E-state index contributed by atoms with van der Waals surface area (Å²) in [5.41, 5.74) is 0.850. The third-order valence-corrected chi connectivity index (χ3v) is 3.99. The standard InChI is InChI=1S/C20H17ClN2O2/c21-18-11-5-4-8-16(18)14-23(19-12-6-7-13-22-19)20(24)15-25-17-9-2-1-3-10-17/h1-13H,14-15H2. The zero-order valence-electron chi connectivity index (χ0n) is 13.5. The van der Waals surface area contributed by atoms with E-state index in [1.54, 1.807) is 23.2 Å². The van der Waals surface area contributed by atoms with Gasteiger partial charge in [-0.05, 0) is 35.9 Å². The molecule has 0 atom stereocenters. The molecule has 4 nitrogen and oxygen atoms in total. The number of carbonyl (C=O) groups excluding carboxylic acids is 1. The van der Waals surface area contributed by atoms with Crippen LogP contribution in [0.3, 0.4) is 0 Å². The van der Waals surface area contributed by atoms with Gasteiger partial charge in [-0.3, -0.25) is 9.69 Å². The third kappa shape index (κ3) is 4.58. The average molecular weight is 353 g/mol. The van der Waals surface area contributed by atoms with Gasteiger partial charge in [0.15, 0.2) is 6.61 Å². The van der Waals surface area contributed by atoms with Gasteiger partial charge in [0.25, 0.3) is 5.91 Å². The van der Waals surface area contributed by atoms with Crippen molar-refractivity contribution in [2.45, 2.75) is 6.54 Å². The van der Waals surface area contributed by atoms with Crippen LogP contribution in [0.25, 0.3) is 0 Å². The van der Waals surface area contributed by atoms with E-state index in [1.807, 2.05) is 60.7 Å². The molecule has 0 fully saturated rings. The Labute approximate surface area is 151 Å². The fourth-order valence-corrected chi connectivity index (χ4v) is 2.54. The number of para-hydroxylation sites is 1. The summed E-state index contributed by atoms with van der Waals surface area (Å²) in [6.07, 6.45) is 1.65. The van der Waals surface area contributed by atoms with Gasteiger partial charge in [0.2, 0.25) is 0 Å². The van der Waals surface area contributed by atoms with Crippen LogP contribution in [-0.4, -0.2) is 17.5 Å². The van der Waals surface area contributed by atoms with Gasteiger partial charge in [0.1, 0.15) is 11.6 Å². The molecule has 0 unspecified atom stereocenters. The summed E-state index contributed by atoms with van der Waals surface area (Å²) >= 11 is 6.24. The van der Waals surface area contributed by atoms with Crippen molar-refractivity contribution in [1.82, 2.24) is 4.98 Å². The lowest BCUT2D eigenvalue weighted by Crippen LogP contribution is -2.35. The lowest BCUT2D eigenvalue weighted by atomic mass is 10.2. The van der Waals surface area contributed by atoms with Gasteiger partial charge in [0.05, 0.1) is 6.54 Å². The van der Waals surface area contributed by atoms with Crippen molar-refractivity contribution in [2.24, 2.45) is 0 Å². The maximum atomic E-state index is 12.8. The van der Waals surface area contributed by atoms with E-state index in [0.717, 1.165) is 5.56 Å². The highest BCUT2D eigenvalue weighted by Gasteiger charge is 2.19. The largest absolute Gasteiger partial charge is 0.484 e. The maximum absolute atomic E-state index is 12.8. The van der Waals surface area contributed by atoms with Crippen LogP contribution in [0, 0.1) is 0 Å². The quantitative estimate of drug-likeness (QED) is 0.662. The molecule has 126 valence electrons. The van der Waals surface area contributed by atoms with Crippen LogP contribution in [0.4, 0.5) is 5.82 Å². The minimum Gasteiger partial charge on any atom is -0.484 e. The number of rotatable bonds is 6.